The molecular formula is C24H23ClF2N2O5. The van der Waals surface area contributed by atoms with Gasteiger partial charge in [-0.15, -0.1) is 0 Å². The maximum Gasteiger partial charge on any atom is 0.329 e. The third-order valence-corrected chi connectivity index (χ3v) is 6.36. The van der Waals surface area contributed by atoms with Gasteiger partial charge >= 0.3 is 5.97 Å². The van der Waals surface area contributed by atoms with Crippen LogP contribution >= 0.6 is 11.6 Å². The molecular weight excluding hydrogens is 470 g/mol. The molecule has 3 rings (SSSR count). The van der Waals surface area contributed by atoms with E-state index in [4.69, 9.17) is 11.6 Å². The van der Waals surface area contributed by atoms with Crippen molar-refractivity contribution in [3.8, 4) is 5.75 Å². The quantitative estimate of drug-likeness (QED) is 0.460. The molecule has 0 fully saturated rings. The van der Waals surface area contributed by atoms with Crippen LogP contribution < -0.4 is 5.32 Å². The number of carboxylic acids is 1. The summed E-state index contributed by atoms with van der Waals surface area (Å²) in [4.78, 5) is 38.0. The summed E-state index contributed by atoms with van der Waals surface area (Å²) in [5.41, 5.74) is -1.44. The number of nitrogens with one attached hydrogen (secondary N) is 1. The lowest BCUT2D eigenvalue weighted by atomic mass is 9.93. The fraction of sp³-hybridized carbons (Fsp3) is 0.292. The van der Waals surface area contributed by atoms with Gasteiger partial charge in [-0.1, -0.05) is 18.5 Å². The van der Waals surface area contributed by atoms with Gasteiger partial charge < -0.3 is 15.5 Å². The average Bonchev–Trinajstić information content (AvgIpc) is 3.08. The Kier molecular flexibility index (Phi) is 6.71. The summed E-state index contributed by atoms with van der Waals surface area (Å²) < 4.78 is 30.5. The van der Waals surface area contributed by atoms with E-state index >= 15 is 4.39 Å². The number of halogens is 3. The third-order valence-electron chi connectivity index (χ3n) is 6.11. The number of fused-ring (bicyclic) bond motifs is 1. The number of hydrogen-bond acceptors (Lipinski definition) is 4. The number of carbonyl (C=O) groups excluding carboxylic acids is 2. The lowest BCUT2D eigenvalue weighted by Gasteiger charge is -2.26. The summed E-state index contributed by atoms with van der Waals surface area (Å²) in [6, 6.07) is 6.67. The highest BCUT2D eigenvalue weighted by molar-refractivity contribution is 6.30. The van der Waals surface area contributed by atoms with Gasteiger partial charge in [0.15, 0.2) is 17.4 Å². The standard InChI is InChI=1S/C24H23ClF2N2O5/c1-5-24(4,23(33)34)28-21(31)11(2)17-12(3)29(22(32)13-6-8-14(25)9-7-13)16-10-15(26)20(30)19(27)18(16)17/h6-11,30H,5H2,1-4H3,(H,28,31)(H,33,34). The molecule has 2 unspecified atom stereocenters. The number of nitrogens with zero attached hydrogens (tertiary/aromatic N) is 1. The summed E-state index contributed by atoms with van der Waals surface area (Å²) in [5, 5.41) is 21.9. The van der Waals surface area contributed by atoms with E-state index in [1.165, 1.54) is 45.0 Å². The zero-order valence-corrected chi connectivity index (χ0v) is 19.6. The molecule has 10 heteroatoms. The van der Waals surface area contributed by atoms with Crippen LogP contribution in [0.3, 0.4) is 0 Å². The number of amides is 1. The van der Waals surface area contributed by atoms with Crippen molar-refractivity contribution in [2.45, 2.75) is 45.6 Å². The molecule has 2 aromatic carbocycles. The Morgan fingerprint density at radius 1 is 1.21 bits per heavy atom. The second-order valence-electron chi connectivity index (χ2n) is 8.26. The number of aromatic hydroxyl groups is 1. The Hall–Kier alpha value is -3.46. The van der Waals surface area contributed by atoms with Crippen molar-refractivity contribution in [2.24, 2.45) is 0 Å². The minimum absolute atomic E-state index is 0.0199. The maximum atomic E-state index is 15.1. The normalized spacial score (nSPS) is 14.0. The highest BCUT2D eigenvalue weighted by Crippen LogP contribution is 2.39. The highest BCUT2D eigenvalue weighted by atomic mass is 35.5. The van der Waals surface area contributed by atoms with Crippen molar-refractivity contribution in [3.63, 3.8) is 0 Å². The van der Waals surface area contributed by atoms with Crippen molar-refractivity contribution < 1.29 is 33.4 Å². The van der Waals surface area contributed by atoms with E-state index in [0.29, 0.717) is 5.02 Å². The number of aromatic nitrogens is 1. The summed E-state index contributed by atoms with van der Waals surface area (Å²) in [5.74, 6) is -7.62. The van der Waals surface area contributed by atoms with Crippen molar-refractivity contribution in [2.75, 3.05) is 0 Å². The number of carbonyl (C=O) groups is 3. The molecule has 0 saturated carbocycles. The SMILES string of the molecule is CCC(C)(NC(=O)C(C)c1c(C)n(C(=O)c2ccc(Cl)cc2)c2cc(F)c(O)c(F)c12)C(=O)O. The van der Waals surface area contributed by atoms with Gasteiger partial charge in [0.25, 0.3) is 5.91 Å². The molecule has 1 aromatic heterocycles. The van der Waals surface area contributed by atoms with Crippen molar-refractivity contribution >= 4 is 40.3 Å². The van der Waals surface area contributed by atoms with Crippen molar-refractivity contribution in [3.05, 3.63) is 63.8 Å². The van der Waals surface area contributed by atoms with Gasteiger partial charge in [0, 0.05) is 27.7 Å². The number of phenolic OH excluding ortho intramolecular Hbond substituents is 1. The topological polar surface area (TPSA) is 109 Å². The molecule has 180 valence electrons. The van der Waals surface area contributed by atoms with E-state index < -0.39 is 46.6 Å². The predicted octanol–water partition coefficient (Wildman–Crippen LogP) is 4.75. The maximum absolute atomic E-state index is 15.1. The Balaban J connectivity index is 2.24. The Morgan fingerprint density at radius 2 is 1.79 bits per heavy atom. The predicted molar refractivity (Wildman–Crippen MR) is 122 cm³/mol. The molecule has 1 amide bonds. The minimum atomic E-state index is -1.58. The van der Waals surface area contributed by atoms with Crippen LogP contribution in [0, 0.1) is 18.6 Å². The molecule has 34 heavy (non-hydrogen) atoms. The number of carboxylic acid groups (broad SMARTS) is 1. The van der Waals surface area contributed by atoms with Crippen LogP contribution in [0.5, 0.6) is 5.75 Å². The van der Waals surface area contributed by atoms with Gasteiger partial charge in [0.1, 0.15) is 5.54 Å². The van der Waals surface area contributed by atoms with Gasteiger partial charge in [0.2, 0.25) is 5.91 Å². The molecule has 3 aromatic rings. The molecule has 0 bridgehead atoms. The number of hydrogen-bond donors (Lipinski definition) is 3. The minimum Gasteiger partial charge on any atom is -0.503 e. The smallest absolute Gasteiger partial charge is 0.329 e. The molecule has 0 radical (unpaired) electrons. The van der Waals surface area contributed by atoms with Crippen molar-refractivity contribution in [1.82, 2.24) is 9.88 Å². The largest absolute Gasteiger partial charge is 0.503 e. The molecule has 2 atom stereocenters. The van der Waals surface area contributed by atoms with Gasteiger partial charge in [-0.3, -0.25) is 14.2 Å². The van der Waals surface area contributed by atoms with Crippen LogP contribution in [0.15, 0.2) is 30.3 Å². The highest BCUT2D eigenvalue weighted by Gasteiger charge is 2.36. The number of rotatable bonds is 6. The van der Waals surface area contributed by atoms with Crippen molar-refractivity contribution in [1.29, 1.82) is 0 Å². The fourth-order valence-corrected chi connectivity index (χ4v) is 3.95. The first kappa shape index (κ1) is 25.2. The molecule has 3 N–H and O–H groups in total. The lowest BCUT2D eigenvalue weighted by Crippen LogP contribution is -2.52. The molecule has 7 nitrogen and oxygen atoms in total. The van der Waals surface area contributed by atoms with Crippen LogP contribution in [0.2, 0.25) is 5.02 Å². The van der Waals surface area contributed by atoms with Gasteiger partial charge in [0.05, 0.1) is 11.4 Å². The van der Waals surface area contributed by atoms with Crippen LogP contribution in [0.1, 0.15) is 54.7 Å². The zero-order valence-electron chi connectivity index (χ0n) is 18.9. The van der Waals surface area contributed by atoms with Crippen LogP contribution in [-0.2, 0) is 9.59 Å². The molecule has 0 spiro atoms. The monoisotopic (exact) mass is 492 g/mol. The summed E-state index contributed by atoms with van der Waals surface area (Å²) in [6.45, 7) is 5.78. The summed E-state index contributed by atoms with van der Waals surface area (Å²) >= 11 is 5.88. The van der Waals surface area contributed by atoms with E-state index in [-0.39, 0.29) is 34.1 Å². The molecule has 0 aliphatic heterocycles. The Bertz CT molecular complexity index is 1320. The first-order valence-electron chi connectivity index (χ1n) is 10.4. The lowest BCUT2D eigenvalue weighted by molar-refractivity contribution is -0.147. The number of benzene rings is 2. The molecule has 0 aliphatic rings. The zero-order chi connectivity index (χ0) is 25.5. The first-order valence-corrected chi connectivity index (χ1v) is 10.8. The summed E-state index contributed by atoms with van der Waals surface area (Å²) in [6.07, 6.45) is 0.0803. The summed E-state index contributed by atoms with van der Waals surface area (Å²) in [7, 11) is 0. The fourth-order valence-electron chi connectivity index (χ4n) is 3.83. The van der Waals surface area contributed by atoms with E-state index in [9.17, 15) is 29.0 Å². The Morgan fingerprint density at radius 3 is 2.32 bits per heavy atom. The second-order valence-corrected chi connectivity index (χ2v) is 8.70. The average molecular weight is 493 g/mol. The van der Waals surface area contributed by atoms with E-state index in [2.05, 4.69) is 5.32 Å². The van der Waals surface area contributed by atoms with Crippen LogP contribution in [-0.4, -0.2) is 38.1 Å². The van der Waals surface area contributed by atoms with Gasteiger partial charge in [-0.2, -0.15) is 0 Å². The second kappa shape index (κ2) is 9.06. The Labute approximate surface area is 198 Å². The van der Waals surface area contributed by atoms with Gasteiger partial charge in [-0.05, 0) is 57.0 Å². The molecule has 0 aliphatic carbocycles. The van der Waals surface area contributed by atoms with Gasteiger partial charge in [-0.25, -0.2) is 13.6 Å². The van der Waals surface area contributed by atoms with Crippen LogP contribution in [0.4, 0.5) is 8.78 Å². The van der Waals surface area contributed by atoms with E-state index in [1.54, 1.807) is 6.92 Å². The van der Waals surface area contributed by atoms with Crippen LogP contribution in [0.25, 0.3) is 10.9 Å². The number of phenols is 1. The first-order chi connectivity index (χ1) is 15.8. The molecule has 1 heterocycles. The molecule has 0 saturated heterocycles. The number of aliphatic carboxylic acids is 1. The third kappa shape index (κ3) is 4.11. The van der Waals surface area contributed by atoms with E-state index in [0.717, 1.165) is 10.6 Å². The van der Waals surface area contributed by atoms with E-state index in [1.807, 2.05) is 0 Å².